The molecule has 10 heteroatoms. The van der Waals surface area contributed by atoms with Crippen molar-refractivity contribution in [1.82, 2.24) is 24.6 Å². The van der Waals surface area contributed by atoms with Gasteiger partial charge in [0.15, 0.2) is 11.0 Å². The van der Waals surface area contributed by atoms with Gasteiger partial charge in [0.25, 0.3) is 11.5 Å². The van der Waals surface area contributed by atoms with Gasteiger partial charge in [0, 0.05) is 17.7 Å². The molecule has 0 spiro atoms. The number of nitrogens with zero attached hydrogens (tertiary/aromatic N) is 6. The Balaban J connectivity index is 2.20. The molecule has 0 aliphatic carbocycles. The molecule has 0 fully saturated rings. The van der Waals surface area contributed by atoms with Crippen LogP contribution in [0.2, 0.25) is 0 Å². The van der Waals surface area contributed by atoms with Crippen molar-refractivity contribution >= 4 is 29.2 Å². The third-order valence-electron chi connectivity index (χ3n) is 3.07. The molecule has 2 aromatic heterocycles. The summed E-state index contributed by atoms with van der Waals surface area (Å²) in [5.74, 6) is 0.786. The number of aromatic nitrogens is 5. The van der Waals surface area contributed by atoms with E-state index < -0.39 is 4.92 Å². The Morgan fingerprint density at radius 1 is 1.32 bits per heavy atom. The lowest BCUT2D eigenvalue weighted by Crippen LogP contribution is -2.04. The second-order valence-corrected chi connectivity index (χ2v) is 5.25. The highest BCUT2D eigenvalue weighted by Gasteiger charge is 2.16. The molecule has 0 aliphatic heterocycles. The van der Waals surface area contributed by atoms with Gasteiger partial charge in [0.2, 0.25) is 5.95 Å². The van der Waals surface area contributed by atoms with E-state index in [1.165, 1.54) is 28.4 Å². The number of anilines is 1. The van der Waals surface area contributed by atoms with Crippen LogP contribution in [0.3, 0.4) is 0 Å². The van der Waals surface area contributed by atoms with Gasteiger partial charge in [-0.25, -0.2) is 0 Å². The number of nitro benzene ring substituents is 1. The number of nitrogen functional groups attached to an aromatic ring is 1. The average molecular weight is 317 g/mol. The van der Waals surface area contributed by atoms with Gasteiger partial charge in [0.05, 0.1) is 4.92 Å². The SMILES string of the molecule is CSc1nc(N)n2nc(-c3cc([N+](=O)[O-])ccc3C)nc2n1. The summed E-state index contributed by atoms with van der Waals surface area (Å²) in [5, 5.41) is 15.6. The van der Waals surface area contributed by atoms with Crippen LogP contribution >= 0.6 is 11.8 Å². The number of thioether (sulfide) groups is 1. The summed E-state index contributed by atoms with van der Waals surface area (Å²) in [6, 6.07) is 4.53. The normalized spacial score (nSPS) is 11.0. The fourth-order valence-corrected chi connectivity index (χ4v) is 2.31. The zero-order valence-electron chi connectivity index (χ0n) is 11.7. The van der Waals surface area contributed by atoms with Crippen LogP contribution in [-0.2, 0) is 0 Å². The summed E-state index contributed by atoms with van der Waals surface area (Å²) < 4.78 is 1.31. The van der Waals surface area contributed by atoms with Crippen LogP contribution < -0.4 is 5.73 Å². The van der Waals surface area contributed by atoms with Gasteiger partial charge in [-0.2, -0.15) is 19.5 Å². The van der Waals surface area contributed by atoms with E-state index in [2.05, 4.69) is 20.1 Å². The third kappa shape index (κ3) is 2.33. The number of hydrogen-bond acceptors (Lipinski definition) is 8. The molecule has 112 valence electrons. The van der Waals surface area contributed by atoms with Crippen molar-refractivity contribution in [2.24, 2.45) is 0 Å². The smallest absolute Gasteiger partial charge is 0.270 e. The zero-order chi connectivity index (χ0) is 15.9. The highest BCUT2D eigenvalue weighted by atomic mass is 32.2. The molecule has 0 amide bonds. The van der Waals surface area contributed by atoms with Gasteiger partial charge < -0.3 is 5.73 Å². The van der Waals surface area contributed by atoms with Gasteiger partial charge in [-0.05, 0) is 18.7 Å². The van der Waals surface area contributed by atoms with Crippen molar-refractivity contribution in [3.63, 3.8) is 0 Å². The number of nitro groups is 1. The van der Waals surface area contributed by atoms with Crippen LogP contribution in [0.4, 0.5) is 11.6 Å². The summed E-state index contributed by atoms with van der Waals surface area (Å²) in [4.78, 5) is 23.1. The molecule has 0 saturated carbocycles. The largest absolute Gasteiger partial charge is 0.368 e. The van der Waals surface area contributed by atoms with E-state index >= 15 is 0 Å². The molecule has 0 atom stereocenters. The van der Waals surface area contributed by atoms with Crippen LogP contribution in [-0.4, -0.2) is 35.7 Å². The zero-order valence-corrected chi connectivity index (χ0v) is 12.5. The topological polar surface area (TPSA) is 125 Å². The number of fused-ring (bicyclic) bond motifs is 1. The van der Waals surface area contributed by atoms with Gasteiger partial charge in [-0.1, -0.05) is 17.8 Å². The standard InChI is InChI=1S/C12H11N7O2S/c1-6-3-4-7(19(20)21)5-8(6)9-14-11-16-12(22-2)15-10(13)18(11)17-9/h3-5H,1-2H3,(H2,13,14,15,16,17). The minimum Gasteiger partial charge on any atom is -0.368 e. The molecular weight excluding hydrogens is 306 g/mol. The number of nitrogens with two attached hydrogens (primary N) is 1. The highest BCUT2D eigenvalue weighted by molar-refractivity contribution is 7.98. The molecule has 0 radical (unpaired) electrons. The minimum absolute atomic E-state index is 0.0247. The molecular formula is C12H11N7O2S. The molecule has 2 heterocycles. The Morgan fingerprint density at radius 3 is 2.77 bits per heavy atom. The van der Waals surface area contributed by atoms with Crippen LogP contribution in [0.15, 0.2) is 23.4 Å². The Bertz CT molecular complexity index is 893. The lowest BCUT2D eigenvalue weighted by Gasteiger charge is -2.00. The molecule has 0 aliphatic rings. The van der Waals surface area contributed by atoms with Crippen LogP contribution in [0.5, 0.6) is 0 Å². The highest BCUT2D eigenvalue weighted by Crippen LogP contribution is 2.26. The number of hydrogen-bond donors (Lipinski definition) is 1. The van der Waals surface area contributed by atoms with Crippen LogP contribution in [0.1, 0.15) is 5.56 Å². The summed E-state index contributed by atoms with van der Waals surface area (Å²) in [6.45, 7) is 1.83. The third-order valence-corrected chi connectivity index (χ3v) is 3.62. The van der Waals surface area contributed by atoms with Crippen molar-refractivity contribution in [3.8, 4) is 11.4 Å². The lowest BCUT2D eigenvalue weighted by molar-refractivity contribution is -0.384. The van der Waals surface area contributed by atoms with Crippen LogP contribution in [0, 0.1) is 17.0 Å². The maximum absolute atomic E-state index is 10.9. The summed E-state index contributed by atoms with van der Waals surface area (Å²) in [5.41, 5.74) is 7.18. The molecule has 0 unspecified atom stereocenters. The van der Waals surface area contributed by atoms with Gasteiger partial charge >= 0.3 is 0 Å². The van der Waals surface area contributed by atoms with E-state index in [1.807, 2.05) is 13.2 Å². The van der Waals surface area contributed by atoms with Gasteiger partial charge in [-0.15, -0.1) is 5.10 Å². The predicted octanol–water partition coefficient (Wildman–Crippen LogP) is 1.71. The molecule has 22 heavy (non-hydrogen) atoms. The Hall–Kier alpha value is -2.75. The quantitative estimate of drug-likeness (QED) is 0.439. The van der Waals surface area contributed by atoms with Crippen molar-refractivity contribution in [3.05, 3.63) is 33.9 Å². The van der Waals surface area contributed by atoms with Gasteiger partial charge in [0.1, 0.15) is 0 Å². The molecule has 3 aromatic rings. The van der Waals surface area contributed by atoms with E-state index in [0.29, 0.717) is 22.3 Å². The van der Waals surface area contributed by atoms with Gasteiger partial charge in [-0.3, -0.25) is 10.1 Å². The first-order chi connectivity index (χ1) is 10.5. The second kappa shape index (κ2) is 5.22. The maximum atomic E-state index is 10.9. The summed E-state index contributed by atoms with van der Waals surface area (Å²) in [7, 11) is 0. The molecule has 2 N–H and O–H groups in total. The molecule has 0 saturated heterocycles. The number of non-ortho nitro benzene ring substituents is 1. The Kier molecular flexibility index (Phi) is 3.37. The average Bonchev–Trinajstić information content (AvgIpc) is 2.91. The molecule has 9 nitrogen and oxygen atoms in total. The number of aryl methyl sites for hydroxylation is 1. The summed E-state index contributed by atoms with van der Waals surface area (Å²) >= 11 is 1.34. The first kappa shape index (κ1) is 14.2. The van der Waals surface area contributed by atoms with Crippen molar-refractivity contribution in [1.29, 1.82) is 0 Å². The monoisotopic (exact) mass is 317 g/mol. The Labute approximate surface area is 128 Å². The van der Waals surface area contributed by atoms with Crippen molar-refractivity contribution < 1.29 is 4.92 Å². The van der Waals surface area contributed by atoms with Crippen molar-refractivity contribution in [2.75, 3.05) is 12.0 Å². The van der Waals surface area contributed by atoms with E-state index in [-0.39, 0.29) is 11.6 Å². The summed E-state index contributed by atoms with van der Waals surface area (Å²) in [6.07, 6.45) is 1.83. The minimum atomic E-state index is -0.460. The Morgan fingerprint density at radius 2 is 2.09 bits per heavy atom. The second-order valence-electron chi connectivity index (χ2n) is 4.47. The molecule has 0 bridgehead atoms. The first-order valence-electron chi connectivity index (χ1n) is 6.19. The fraction of sp³-hybridized carbons (Fsp3) is 0.167. The van der Waals surface area contributed by atoms with E-state index in [0.717, 1.165) is 5.56 Å². The predicted molar refractivity (Wildman–Crippen MR) is 81.6 cm³/mol. The van der Waals surface area contributed by atoms with E-state index in [1.54, 1.807) is 6.07 Å². The first-order valence-corrected chi connectivity index (χ1v) is 7.42. The van der Waals surface area contributed by atoms with Crippen LogP contribution in [0.25, 0.3) is 17.2 Å². The van der Waals surface area contributed by atoms with Crippen molar-refractivity contribution in [2.45, 2.75) is 12.1 Å². The van der Waals surface area contributed by atoms with E-state index in [9.17, 15) is 10.1 Å². The number of benzene rings is 1. The molecule has 1 aromatic carbocycles. The molecule has 3 rings (SSSR count). The van der Waals surface area contributed by atoms with E-state index in [4.69, 9.17) is 5.73 Å². The number of rotatable bonds is 3. The fourth-order valence-electron chi connectivity index (χ4n) is 1.96. The lowest BCUT2D eigenvalue weighted by atomic mass is 10.1. The maximum Gasteiger partial charge on any atom is 0.270 e.